The Balaban J connectivity index is 1.54. The van der Waals surface area contributed by atoms with Gasteiger partial charge in [0.1, 0.15) is 11.8 Å². The highest BCUT2D eigenvalue weighted by Crippen LogP contribution is 2.37. The van der Waals surface area contributed by atoms with E-state index in [-0.39, 0.29) is 47.9 Å². The average molecular weight is 533 g/mol. The number of rotatable bonds is 12. The van der Waals surface area contributed by atoms with Crippen molar-refractivity contribution in [1.82, 2.24) is 9.80 Å². The van der Waals surface area contributed by atoms with E-state index in [1.165, 1.54) is 5.56 Å². The van der Waals surface area contributed by atoms with Crippen LogP contribution in [-0.2, 0) is 32.1 Å². The van der Waals surface area contributed by atoms with Crippen molar-refractivity contribution in [3.8, 4) is 0 Å². The van der Waals surface area contributed by atoms with Gasteiger partial charge in [-0.2, -0.15) is 0 Å². The first-order valence-electron chi connectivity index (χ1n) is 14.6. The number of ketones is 1. The van der Waals surface area contributed by atoms with E-state index in [0.29, 0.717) is 26.2 Å². The molecule has 6 nitrogen and oxygen atoms in total. The second-order valence-corrected chi connectivity index (χ2v) is 11.6. The van der Waals surface area contributed by atoms with Crippen LogP contribution in [0.4, 0.5) is 0 Å². The number of fused-ring (bicyclic) bond motifs is 1. The van der Waals surface area contributed by atoms with Gasteiger partial charge in [-0.25, -0.2) is 0 Å². The first-order valence-corrected chi connectivity index (χ1v) is 14.6. The number of Topliss-reactive ketones (excluding diaryl/α,β-unsaturated/α-hetero) is 1. The molecular formula is C33H44N2O4. The normalized spacial score (nSPS) is 22.6. The van der Waals surface area contributed by atoms with Crippen molar-refractivity contribution >= 4 is 17.6 Å². The summed E-state index contributed by atoms with van der Waals surface area (Å²) in [5, 5.41) is 0. The van der Waals surface area contributed by atoms with Gasteiger partial charge in [-0.15, -0.1) is 0 Å². The number of hydrogen-bond acceptors (Lipinski definition) is 4. The molecule has 0 aromatic heterocycles. The van der Waals surface area contributed by atoms with Gasteiger partial charge in [-0.3, -0.25) is 14.4 Å². The minimum atomic E-state index is -0.539. The van der Waals surface area contributed by atoms with Gasteiger partial charge < -0.3 is 14.5 Å². The maximum absolute atomic E-state index is 14.0. The second kappa shape index (κ2) is 13.4. The summed E-state index contributed by atoms with van der Waals surface area (Å²) >= 11 is 0. The molecule has 210 valence electrons. The molecule has 0 spiro atoms. The largest absolute Gasteiger partial charge is 0.371 e. The zero-order valence-electron chi connectivity index (χ0n) is 23.9. The van der Waals surface area contributed by atoms with Gasteiger partial charge in [-0.05, 0) is 36.3 Å². The summed E-state index contributed by atoms with van der Waals surface area (Å²) in [6, 6.07) is 19.7. The maximum atomic E-state index is 14.0. The van der Waals surface area contributed by atoms with Crippen LogP contribution < -0.4 is 0 Å². The molecule has 39 heavy (non-hydrogen) atoms. The van der Waals surface area contributed by atoms with Crippen LogP contribution >= 0.6 is 0 Å². The van der Waals surface area contributed by atoms with E-state index < -0.39 is 12.0 Å². The summed E-state index contributed by atoms with van der Waals surface area (Å²) in [5.74, 6) is -0.429. The molecule has 2 amide bonds. The number of nitrogens with zero attached hydrogens (tertiary/aromatic N) is 2. The van der Waals surface area contributed by atoms with E-state index in [9.17, 15) is 14.4 Å². The first kappa shape index (κ1) is 29.0. The number of carbonyl (C=O) groups excluding carboxylic acids is 3. The van der Waals surface area contributed by atoms with Crippen molar-refractivity contribution in [2.45, 2.75) is 72.1 Å². The lowest BCUT2D eigenvalue weighted by Crippen LogP contribution is -2.60. The Labute approximate surface area is 233 Å². The molecule has 0 bridgehead atoms. The number of carbonyl (C=O) groups is 3. The van der Waals surface area contributed by atoms with Crippen molar-refractivity contribution in [2.24, 2.45) is 23.7 Å². The van der Waals surface area contributed by atoms with Crippen molar-refractivity contribution < 1.29 is 19.1 Å². The van der Waals surface area contributed by atoms with Crippen LogP contribution in [0, 0.1) is 23.7 Å². The highest BCUT2D eigenvalue weighted by molar-refractivity contribution is 5.92. The molecule has 2 aromatic carbocycles. The van der Waals surface area contributed by atoms with Gasteiger partial charge in [0.15, 0.2) is 0 Å². The van der Waals surface area contributed by atoms with Gasteiger partial charge in [0.05, 0.1) is 12.7 Å². The van der Waals surface area contributed by atoms with Crippen molar-refractivity contribution in [1.29, 1.82) is 0 Å². The Hall–Kier alpha value is -2.99. The Bertz CT molecular complexity index is 1100. The molecule has 2 aliphatic heterocycles. The van der Waals surface area contributed by atoms with E-state index >= 15 is 0 Å². The Morgan fingerprint density at radius 1 is 0.974 bits per heavy atom. The smallest absolute Gasteiger partial charge is 0.245 e. The predicted molar refractivity (Wildman–Crippen MR) is 153 cm³/mol. The lowest BCUT2D eigenvalue weighted by molar-refractivity contribution is -0.158. The molecule has 2 aromatic rings. The summed E-state index contributed by atoms with van der Waals surface area (Å²) in [4.78, 5) is 44.4. The molecule has 0 N–H and O–H groups in total. The van der Waals surface area contributed by atoms with Crippen LogP contribution in [0.3, 0.4) is 0 Å². The van der Waals surface area contributed by atoms with Crippen LogP contribution in [-0.4, -0.2) is 59.2 Å². The summed E-state index contributed by atoms with van der Waals surface area (Å²) in [6.07, 6.45) is 2.33. The molecule has 5 atom stereocenters. The Morgan fingerprint density at radius 3 is 2.23 bits per heavy atom. The third kappa shape index (κ3) is 6.96. The fraction of sp³-hybridized carbons (Fsp3) is 0.545. The quantitative estimate of drug-likeness (QED) is 0.379. The molecule has 4 rings (SSSR count). The SMILES string of the molecule is CC[C@@H](C)C(=O)C[C@H](C(=O)N1CCC2C1C(=O)N(CCc1ccccc1)C[C@H]2OCc1ccccc1)C(C)C. The minimum Gasteiger partial charge on any atom is -0.371 e. The molecule has 2 unspecified atom stereocenters. The number of likely N-dealkylation sites (tertiary alicyclic amines) is 2. The molecular weight excluding hydrogens is 488 g/mol. The third-order valence-corrected chi connectivity index (χ3v) is 8.70. The zero-order chi connectivity index (χ0) is 27.9. The number of hydrogen-bond donors (Lipinski definition) is 0. The monoisotopic (exact) mass is 532 g/mol. The van der Waals surface area contributed by atoms with Crippen LogP contribution in [0.2, 0.25) is 0 Å². The average Bonchev–Trinajstić information content (AvgIpc) is 3.41. The van der Waals surface area contributed by atoms with Gasteiger partial charge in [0, 0.05) is 43.8 Å². The summed E-state index contributed by atoms with van der Waals surface area (Å²) < 4.78 is 6.47. The molecule has 0 saturated carbocycles. The maximum Gasteiger partial charge on any atom is 0.245 e. The summed E-state index contributed by atoms with van der Waals surface area (Å²) in [7, 11) is 0. The topological polar surface area (TPSA) is 66.9 Å². The van der Waals surface area contributed by atoms with Gasteiger partial charge in [0.2, 0.25) is 11.8 Å². The third-order valence-electron chi connectivity index (χ3n) is 8.70. The molecule has 2 fully saturated rings. The fourth-order valence-electron chi connectivity index (χ4n) is 5.93. The Morgan fingerprint density at radius 2 is 1.62 bits per heavy atom. The number of piperidine rings is 1. The van der Waals surface area contributed by atoms with Crippen LogP contribution in [0.15, 0.2) is 60.7 Å². The van der Waals surface area contributed by atoms with Gasteiger partial charge in [-0.1, -0.05) is 88.4 Å². The van der Waals surface area contributed by atoms with Gasteiger partial charge >= 0.3 is 0 Å². The minimum absolute atomic E-state index is 0.0112. The molecule has 2 saturated heterocycles. The fourth-order valence-corrected chi connectivity index (χ4v) is 5.93. The highest BCUT2D eigenvalue weighted by atomic mass is 16.5. The highest BCUT2D eigenvalue weighted by Gasteiger charge is 2.52. The molecule has 0 radical (unpaired) electrons. The van der Waals surface area contributed by atoms with Crippen LogP contribution in [0.1, 0.15) is 58.1 Å². The van der Waals surface area contributed by atoms with Crippen molar-refractivity contribution in [3.05, 3.63) is 71.8 Å². The molecule has 2 heterocycles. The lowest BCUT2D eigenvalue weighted by Gasteiger charge is -2.43. The molecule has 6 heteroatoms. The van der Waals surface area contributed by atoms with Crippen molar-refractivity contribution in [2.75, 3.05) is 19.6 Å². The van der Waals surface area contributed by atoms with E-state index in [1.54, 1.807) is 4.90 Å². The lowest BCUT2D eigenvalue weighted by atomic mass is 9.84. The van der Waals surface area contributed by atoms with Crippen LogP contribution in [0.25, 0.3) is 0 Å². The molecule has 0 aliphatic carbocycles. The van der Waals surface area contributed by atoms with E-state index in [1.807, 2.05) is 81.1 Å². The molecule has 2 aliphatic rings. The van der Waals surface area contributed by atoms with Gasteiger partial charge in [0.25, 0.3) is 0 Å². The van der Waals surface area contributed by atoms with E-state index in [0.717, 1.165) is 24.8 Å². The second-order valence-electron chi connectivity index (χ2n) is 11.6. The van der Waals surface area contributed by atoms with E-state index in [4.69, 9.17) is 4.74 Å². The van der Waals surface area contributed by atoms with Crippen LogP contribution in [0.5, 0.6) is 0 Å². The van der Waals surface area contributed by atoms with E-state index in [2.05, 4.69) is 12.1 Å². The Kier molecular flexibility index (Phi) is 9.95. The summed E-state index contributed by atoms with van der Waals surface area (Å²) in [6.45, 7) is 10.0. The zero-order valence-corrected chi connectivity index (χ0v) is 23.9. The first-order chi connectivity index (χ1) is 18.8. The van der Waals surface area contributed by atoms with Crippen molar-refractivity contribution in [3.63, 3.8) is 0 Å². The number of benzene rings is 2. The number of amides is 2. The standard InChI is InChI=1S/C33H44N2O4/c1-5-24(4)29(36)20-28(23(2)3)32(37)35-19-17-27-30(39-22-26-14-10-7-11-15-26)21-34(33(38)31(27)35)18-16-25-12-8-6-9-13-25/h6-15,23-24,27-28,30-31H,5,16-22H2,1-4H3/t24-,27?,28+,30-,31?/m1/s1. The predicted octanol–water partition coefficient (Wildman–Crippen LogP) is 5.15. The number of ether oxygens (including phenoxy) is 1. The summed E-state index contributed by atoms with van der Waals surface area (Å²) in [5.41, 5.74) is 2.27.